The first-order valence-electron chi connectivity index (χ1n) is 8.81. The van der Waals surface area contributed by atoms with E-state index < -0.39 is 0 Å². The first kappa shape index (κ1) is 16.5. The van der Waals surface area contributed by atoms with Crippen molar-refractivity contribution in [3.05, 3.63) is 59.3 Å². The summed E-state index contributed by atoms with van der Waals surface area (Å²) in [6.45, 7) is 1.43. The number of aromatic nitrogens is 1. The summed E-state index contributed by atoms with van der Waals surface area (Å²) in [4.78, 5) is 18.1. The van der Waals surface area contributed by atoms with E-state index in [0.717, 1.165) is 47.1 Å². The highest BCUT2D eigenvalue weighted by Gasteiger charge is 2.27. The highest BCUT2D eigenvalue weighted by Crippen LogP contribution is 2.29. The third-order valence-electron chi connectivity index (χ3n) is 5.06. The number of amides is 1. The Morgan fingerprint density at radius 3 is 2.69 bits per heavy atom. The molecule has 0 unspecified atom stereocenters. The molecule has 0 spiro atoms. The van der Waals surface area contributed by atoms with E-state index >= 15 is 0 Å². The molecule has 0 atom stereocenters. The van der Waals surface area contributed by atoms with E-state index in [2.05, 4.69) is 11.1 Å². The van der Waals surface area contributed by atoms with Gasteiger partial charge in [0.2, 0.25) is 0 Å². The van der Waals surface area contributed by atoms with Crippen molar-refractivity contribution in [1.82, 2.24) is 9.88 Å². The molecule has 0 saturated carbocycles. The van der Waals surface area contributed by atoms with Gasteiger partial charge in [-0.25, -0.2) is 0 Å². The largest absolute Gasteiger partial charge is 0.493 e. The maximum atomic E-state index is 12.9. The first-order chi connectivity index (χ1) is 12.7. The summed E-state index contributed by atoms with van der Waals surface area (Å²) in [6, 6.07) is 14.0. The number of nitrogens with one attached hydrogen (secondary N) is 1. The van der Waals surface area contributed by atoms with Gasteiger partial charge < -0.3 is 19.4 Å². The van der Waals surface area contributed by atoms with E-state index in [-0.39, 0.29) is 5.91 Å². The minimum absolute atomic E-state index is 0.0860. The molecule has 0 bridgehead atoms. The molecular formula is C21H22N2O3. The fraction of sp³-hybridized carbons (Fsp3) is 0.286. The van der Waals surface area contributed by atoms with Crippen LogP contribution in [-0.4, -0.2) is 43.1 Å². The van der Waals surface area contributed by atoms with Gasteiger partial charge in [-0.3, -0.25) is 4.79 Å². The van der Waals surface area contributed by atoms with Gasteiger partial charge in [0.05, 0.1) is 14.2 Å². The Kier molecular flexibility index (Phi) is 4.29. The smallest absolute Gasteiger partial charge is 0.270 e. The fourth-order valence-electron chi connectivity index (χ4n) is 3.66. The summed E-state index contributed by atoms with van der Waals surface area (Å²) >= 11 is 0. The number of benzene rings is 2. The summed E-state index contributed by atoms with van der Waals surface area (Å²) < 4.78 is 10.6. The van der Waals surface area contributed by atoms with Crippen molar-refractivity contribution in [3.8, 4) is 11.5 Å². The quantitative estimate of drug-likeness (QED) is 0.767. The zero-order chi connectivity index (χ0) is 18.1. The number of nitrogens with zero attached hydrogens (tertiary/aromatic N) is 1. The lowest BCUT2D eigenvalue weighted by atomic mass is 10.0. The topological polar surface area (TPSA) is 54.6 Å². The van der Waals surface area contributed by atoms with Crippen molar-refractivity contribution in [2.75, 3.05) is 27.3 Å². The zero-order valence-electron chi connectivity index (χ0n) is 15.0. The van der Waals surface area contributed by atoms with Crippen LogP contribution in [0.15, 0.2) is 42.5 Å². The molecule has 0 radical (unpaired) electrons. The Labute approximate surface area is 152 Å². The van der Waals surface area contributed by atoms with Gasteiger partial charge in [0.1, 0.15) is 5.69 Å². The molecule has 1 N–H and O–H groups in total. The van der Waals surface area contributed by atoms with Gasteiger partial charge >= 0.3 is 0 Å². The lowest BCUT2D eigenvalue weighted by molar-refractivity contribution is 0.0737. The van der Waals surface area contributed by atoms with Crippen LogP contribution in [0.1, 0.15) is 21.6 Å². The Morgan fingerprint density at radius 1 is 1.08 bits per heavy atom. The highest BCUT2D eigenvalue weighted by atomic mass is 16.5. The minimum atomic E-state index is 0.0860. The van der Waals surface area contributed by atoms with Crippen molar-refractivity contribution in [1.29, 1.82) is 0 Å². The van der Waals surface area contributed by atoms with E-state index in [1.807, 2.05) is 41.3 Å². The predicted molar refractivity (Wildman–Crippen MR) is 101 cm³/mol. The molecule has 0 fully saturated rings. The number of carbonyl (C=O) groups is 1. The van der Waals surface area contributed by atoms with Crippen LogP contribution in [0.3, 0.4) is 0 Å². The standard InChI is InChI=1S/C21H22N2O3/c1-25-18-8-7-14(13-19(18)26-2)9-11-23-12-10-16-15-5-3-4-6-17(15)22-20(16)21(23)24/h3-8,13,22H,9-12H2,1-2H3. The SMILES string of the molecule is COc1ccc(CCN2CCc3c([nH]c4ccccc34)C2=O)cc1OC. The van der Waals surface area contributed by atoms with Crippen LogP contribution in [-0.2, 0) is 12.8 Å². The molecule has 0 saturated heterocycles. The first-order valence-corrected chi connectivity index (χ1v) is 8.81. The lowest BCUT2D eigenvalue weighted by Crippen LogP contribution is -2.38. The number of aromatic amines is 1. The van der Waals surface area contributed by atoms with E-state index in [9.17, 15) is 4.79 Å². The molecule has 5 nitrogen and oxygen atoms in total. The molecule has 2 aromatic carbocycles. The molecule has 1 aliphatic rings. The van der Waals surface area contributed by atoms with E-state index in [1.54, 1.807) is 14.2 Å². The molecule has 134 valence electrons. The Morgan fingerprint density at radius 2 is 1.88 bits per heavy atom. The van der Waals surface area contributed by atoms with Crippen molar-refractivity contribution in [2.24, 2.45) is 0 Å². The summed E-state index contributed by atoms with van der Waals surface area (Å²) in [6.07, 6.45) is 1.67. The second-order valence-corrected chi connectivity index (χ2v) is 6.51. The Balaban J connectivity index is 1.51. The van der Waals surface area contributed by atoms with Crippen LogP contribution >= 0.6 is 0 Å². The number of methoxy groups -OCH3 is 2. The van der Waals surface area contributed by atoms with E-state index in [4.69, 9.17) is 9.47 Å². The van der Waals surface area contributed by atoms with Gasteiger partial charge in [-0.05, 0) is 42.2 Å². The summed E-state index contributed by atoms with van der Waals surface area (Å²) in [5.41, 5.74) is 4.04. The maximum absolute atomic E-state index is 12.9. The van der Waals surface area contributed by atoms with Gasteiger partial charge in [0, 0.05) is 24.0 Å². The normalized spacial score (nSPS) is 13.8. The van der Waals surface area contributed by atoms with Gasteiger partial charge in [-0.2, -0.15) is 0 Å². The van der Waals surface area contributed by atoms with Gasteiger partial charge in [-0.1, -0.05) is 24.3 Å². The number of rotatable bonds is 5. The van der Waals surface area contributed by atoms with Crippen LogP contribution in [0, 0.1) is 0 Å². The minimum Gasteiger partial charge on any atom is -0.493 e. The molecule has 1 aliphatic heterocycles. The van der Waals surface area contributed by atoms with Crippen molar-refractivity contribution >= 4 is 16.8 Å². The van der Waals surface area contributed by atoms with Crippen molar-refractivity contribution in [2.45, 2.75) is 12.8 Å². The van der Waals surface area contributed by atoms with Crippen LogP contribution in [0.5, 0.6) is 11.5 Å². The Hall–Kier alpha value is -2.95. The maximum Gasteiger partial charge on any atom is 0.270 e. The molecule has 2 heterocycles. The average molecular weight is 350 g/mol. The monoisotopic (exact) mass is 350 g/mol. The van der Waals surface area contributed by atoms with Crippen LogP contribution in [0.4, 0.5) is 0 Å². The van der Waals surface area contributed by atoms with Crippen LogP contribution < -0.4 is 9.47 Å². The van der Waals surface area contributed by atoms with E-state index in [0.29, 0.717) is 18.0 Å². The second-order valence-electron chi connectivity index (χ2n) is 6.51. The van der Waals surface area contributed by atoms with E-state index in [1.165, 1.54) is 0 Å². The molecule has 5 heteroatoms. The zero-order valence-corrected chi connectivity index (χ0v) is 15.0. The Bertz CT molecular complexity index is 961. The third kappa shape index (κ3) is 2.79. The number of fused-ring (bicyclic) bond motifs is 3. The number of H-pyrrole nitrogens is 1. The third-order valence-corrected chi connectivity index (χ3v) is 5.06. The number of hydrogen-bond donors (Lipinski definition) is 1. The summed E-state index contributed by atoms with van der Waals surface area (Å²) in [5.74, 6) is 1.52. The highest BCUT2D eigenvalue weighted by molar-refractivity contribution is 6.02. The molecule has 0 aliphatic carbocycles. The molecule has 3 aromatic rings. The van der Waals surface area contributed by atoms with Gasteiger partial charge in [-0.15, -0.1) is 0 Å². The summed E-state index contributed by atoms with van der Waals surface area (Å²) in [7, 11) is 3.26. The lowest BCUT2D eigenvalue weighted by Gasteiger charge is -2.27. The molecule has 26 heavy (non-hydrogen) atoms. The van der Waals surface area contributed by atoms with Crippen LogP contribution in [0.2, 0.25) is 0 Å². The van der Waals surface area contributed by atoms with Crippen LogP contribution in [0.25, 0.3) is 10.9 Å². The fourth-order valence-corrected chi connectivity index (χ4v) is 3.66. The number of carbonyl (C=O) groups excluding carboxylic acids is 1. The van der Waals surface area contributed by atoms with Gasteiger partial charge in [0.25, 0.3) is 5.91 Å². The number of para-hydroxylation sites is 1. The van der Waals surface area contributed by atoms with Crippen molar-refractivity contribution < 1.29 is 14.3 Å². The van der Waals surface area contributed by atoms with Gasteiger partial charge in [0.15, 0.2) is 11.5 Å². The number of hydrogen-bond acceptors (Lipinski definition) is 3. The predicted octanol–water partition coefficient (Wildman–Crippen LogP) is 3.43. The second kappa shape index (κ2) is 6.75. The van der Waals surface area contributed by atoms with Crippen molar-refractivity contribution in [3.63, 3.8) is 0 Å². The number of ether oxygens (including phenoxy) is 2. The molecular weight excluding hydrogens is 328 g/mol. The molecule has 1 amide bonds. The average Bonchev–Trinajstić information content (AvgIpc) is 3.07. The summed E-state index contributed by atoms with van der Waals surface area (Å²) in [5, 5.41) is 1.16. The molecule has 4 rings (SSSR count). The molecule has 1 aromatic heterocycles.